The van der Waals surface area contributed by atoms with Crippen molar-refractivity contribution in [1.29, 1.82) is 0 Å². The molecule has 1 amide bonds. The predicted octanol–water partition coefficient (Wildman–Crippen LogP) is 0.556. The Morgan fingerprint density at radius 1 is 1.19 bits per heavy atom. The SMILES string of the molecule is CCN(CC)C(=O)CC(CN)N(CCOC)C(C)COC. The van der Waals surface area contributed by atoms with E-state index in [0.29, 0.717) is 26.2 Å². The molecule has 0 aromatic rings. The van der Waals surface area contributed by atoms with E-state index in [1.165, 1.54) is 0 Å². The Hall–Kier alpha value is -0.690. The van der Waals surface area contributed by atoms with Crippen LogP contribution in [0.2, 0.25) is 0 Å². The quantitative estimate of drug-likeness (QED) is 0.570. The van der Waals surface area contributed by atoms with Crippen molar-refractivity contribution in [1.82, 2.24) is 9.80 Å². The van der Waals surface area contributed by atoms with Gasteiger partial charge < -0.3 is 20.1 Å². The molecule has 0 aliphatic carbocycles. The zero-order valence-corrected chi connectivity index (χ0v) is 14.3. The molecule has 0 bridgehead atoms. The van der Waals surface area contributed by atoms with Crippen LogP contribution in [0.3, 0.4) is 0 Å². The first-order valence-corrected chi connectivity index (χ1v) is 7.76. The first-order valence-electron chi connectivity index (χ1n) is 7.76. The number of methoxy groups -OCH3 is 2. The molecule has 6 heteroatoms. The van der Waals surface area contributed by atoms with Crippen molar-refractivity contribution in [2.24, 2.45) is 5.73 Å². The molecule has 2 N–H and O–H groups in total. The number of hydrogen-bond donors (Lipinski definition) is 1. The minimum absolute atomic E-state index is 0.0124. The Bertz CT molecular complexity index is 273. The highest BCUT2D eigenvalue weighted by molar-refractivity contribution is 5.76. The Labute approximate surface area is 129 Å². The summed E-state index contributed by atoms with van der Waals surface area (Å²) < 4.78 is 10.4. The van der Waals surface area contributed by atoms with Gasteiger partial charge >= 0.3 is 0 Å². The molecule has 0 aromatic heterocycles. The molecule has 0 saturated carbocycles. The third-order valence-corrected chi connectivity index (χ3v) is 3.80. The number of amides is 1. The van der Waals surface area contributed by atoms with Gasteiger partial charge in [-0.3, -0.25) is 9.69 Å². The fraction of sp³-hybridized carbons (Fsp3) is 0.933. The first-order chi connectivity index (χ1) is 10.0. The van der Waals surface area contributed by atoms with Crippen LogP contribution in [0.5, 0.6) is 0 Å². The van der Waals surface area contributed by atoms with E-state index in [-0.39, 0.29) is 18.0 Å². The van der Waals surface area contributed by atoms with Crippen LogP contribution < -0.4 is 5.73 Å². The monoisotopic (exact) mass is 303 g/mol. The molecule has 0 radical (unpaired) electrons. The number of ether oxygens (including phenoxy) is 2. The normalized spacial score (nSPS) is 14.2. The van der Waals surface area contributed by atoms with Gasteiger partial charge in [0.2, 0.25) is 5.91 Å². The second kappa shape index (κ2) is 11.9. The molecule has 21 heavy (non-hydrogen) atoms. The van der Waals surface area contributed by atoms with Gasteiger partial charge in [0.05, 0.1) is 13.2 Å². The molecule has 0 aliphatic rings. The summed E-state index contributed by atoms with van der Waals surface area (Å²) in [5.41, 5.74) is 5.92. The maximum atomic E-state index is 12.3. The number of hydrogen-bond acceptors (Lipinski definition) is 5. The Morgan fingerprint density at radius 2 is 1.81 bits per heavy atom. The van der Waals surface area contributed by atoms with E-state index in [2.05, 4.69) is 11.8 Å². The van der Waals surface area contributed by atoms with E-state index < -0.39 is 0 Å². The number of carbonyl (C=O) groups is 1. The number of carbonyl (C=O) groups excluding carboxylic acids is 1. The third-order valence-electron chi connectivity index (χ3n) is 3.80. The Morgan fingerprint density at radius 3 is 2.24 bits per heavy atom. The van der Waals surface area contributed by atoms with Gasteiger partial charge in [-0.25, -0.2) is 0 Å². The summed E-state index contributed by atoms with van der Waals surface area (Å²) in [7, 11) is 3.36. The number of nitrogens with zero attached hydrogens (tertiary/aromatic N) is 2. The molecule has 0 rings (SSSR count). The van der Waals surface area contributed by atoms with Crippen molar-refractivity contribution in [3.63, 3.8) is 0 Å². The van der Waals surface area contributed by atoms with Gasteiger partial charge in [0.25, 0.3) is 0 Å². The molecular weight excluding hydrogens is 270 g/mol. The van der Waals surface area contributed by atoms with Crippen LogP contribution >= 0.6 is 0 Å². The summed E-state index contributed by atoms with van der Waals surface area (Å²) in [4.78, 5) is 16.4. The smallest absolute Gasteiger partial charge is 0.224 e. The maximum Gasteiger partial charge on any atom is 0.224 e. The van der Waals surface area contributed by atoms with E-state index in [1.807, 2.05) is 18.7 Å². The predicted molar refractivity (Wildman–Crippen MR) is 85.3 cm³/mol. The maximum absolute atomic E-state index is 12.3. The van der Waals surface area contributed by atoms with E-state index in [0.717, 1.165) is 19.6 Å². The van der Waals surface area contributed by atoms with Crippen molar-refractivity contribution in [3.8, 4) is 0 Å². The van der Waals surface area contributed by atoms with Crippen LogP contribution in [0.1, 0.15) is 27.2 Å². The van der Waals surface area contributed by atoms with Crippen LogP contribution in [0.4, 0.5) is 0 Å². The molecule has 2 atom stereocenters. The standard InChI is InChI=1S/C15H33N3O3/c1-6-17(7-2)15(19)10-14(11-16)18(8-9-20-4)13(3)12-21-5/h13-14H,6-12,16H2,1-5H3. The highest BCUT2D eigenvalue weighted by Gasteiger charge is 2.26. The second-order valence-corrected chi connectivity index (χ2v) is 5.19. The fourth-order valence-electron chi connectivity index (χ4n) is 2.54. The average Bonchev–Trinajstić information content (AvgIpc) is 2.47. The van der Waals surface area contributed by atoms with E-state index in [1.54, 1.807) is 14.2 Å². The van der Waals surface area contributed by atoms with Crippen LogP contribution in [0.25, 0.3) is 0 Å². The topological polar surface area (TPSA) is 68.0 Å². The van der Waals surface area contributed by atoms with E-state index in [9.17, 15) is 4.79 Å². The lowest BCUT2D eigenvalue weighted by Gasteiger charge is -2.36. The molecule has 0 aromatic carbocycles. The van der Waals surface area contributed by atoms with Crippen molar-refractivity contribution in [2.75, 3.05) is 53.6 Å². The minimum atomic E-state index is 0.0124. The average molecular weight is 303 g/mol. The molecule has 2 unspecified atom stereocenters. The summed E-state index contributed by atoms with van der Waals surface area (Å²) in [6, 6.07) is 0.210. The molecule has 6 nitrogen and oxygen atoms in total. The van der Waals surface area contributed by atoms with Gasteiger partial charge in [0.1, 0.15) is 0 Å². The lowest BCUT2D eigenvalue weighted by Crippen LogP contribution is -2.51. The highest BCUT2D eigenvalue weighted by Crippen LogP contribution is 2.11. The van der Waals surface area contributed by atoms with Gasteiger partial charge in [-0.2, -0.15) is 0 Å². The van der Waals surface area contributed by atoms with Gasteiger partial charge in [0, 0.05) is 58.9 Å². The molecule has 0 saturated heterocycles. The Balaban J connectivity index is 4.82. The van der Waals surface area contributed by atoms with Crippen molar-refractivity contribution in [3.05, 3.63) is 0 Å². The largest absolute Gasteiger partial charge is 0.383 e. The lowest BCUT2D eigenvalue weighted by molar-refractivity contribution is -0.132. The van der Waals surface area contributed by atoms with Gasteiger partial charge in [0.15, 0.2) is 0 Å². The zero-order valence-electron chi connectivity index (χ0n) is 14.3. The van der Waals surface area contributed by atoms with Crippen LogP contribution in [-0.2, 0) is 14.3 Å². The fourth-order valence-corrected chi connectivity index (χ4v) is 2.54. The summed E-state index contributed by atoms with van der Waals surface area (Å²) in [5.74, 6) is 0.155. The van der Waals surface area contributed by atoms with Crippen LogP contribution in [-0.4, -0.2) is 81.4 Å². The van der Waals surface area contributed by atoms with E-state index in [4.69, 9.17) is 15.2 Å². The van der Waals surface area contributed by atoms with Gasteiger partial charge in [-0.05, 0) is 20.8 Å². The number of nitrogens with two attached hydrogens (primary N) is 1. The number of rotatable bonds is 12. The lowest BCUT2D eigenvalue weighted by atomic mass is 10.1. The van der Waals surface area contributed by atoms with Crippen LogP contribution in [0.15, 0.2) is 0 Å². The molecule has 0 aliphatic heterocycles. The molecule has 0 fully saturated rings. The minimum Gasteiger partial charge on any atom is -0.383 e. The molecule has 0 heterocycles. The van der Waals surface area contributed by atoms with Gasteiger partial charge in [-0.15, -0.1) is 0 Å². The second-order valence-electron chi connectivity index (χ2n) is 5.19. The molecule has 126 valence electrons. The third kappa shape index (κ3) is 7.22. The summed E-state index contributed by atoms with van der Waals surface area (Å²) in [6.45, 7) is 9.97. The molecular formula is C15H33N3O3. The van der Waals surface area contributed by atoms with Crippen molar-refractivity contribution < 1.29 is 14.3 Å². The Kier molecular flexibility index (Phi) is 11.5. The summed E-state index contributed by atoms with van der Waals surface area (Å²) in [5, 5.41) is 0. The zero-order chi connectivity index (χ0) is 16.3. The first kappa shape index (κ1) is 20.3. The summed E-state index contributed by atoms with van der Waals surface area (Å²) in [6.07, 6.45) is 0.440. The molecule has 0 spiro atoms. The van der Waals surface area contributed by atoms with Crippen molar-refractivity contribution in [2.45, 2.75) is 39.3 Å². The highest BCUT2D eigenvalue weighted by atomic mass is 16.5. The van der Waals surface area contributed by atoms with Crippen molar-refractivity contribution >= 4 is 5.91 Å². The summed E-state index contributed by atoms with van der Waals surface area (Å²) >= 11 is 0. The van der Waals surface area contributed by atoms with E-state index >= 15 is 0 Å². The van der Waals surface area contributed by atoms with Crippen LogP contribution in [0, 0.1) is 0 Å². The van der Waals surface area contributed by atoms with Gasteiger partial charge in [-0.1, -0.05) is 0 Å².